The van der Waals surface area contributed by atoms with Gasteiger partial charge in [0.05, 0.1) is 17.7 Å². The molecule has 0 atom stereocenters. The normalized spacial score (nSPS) is 11.8. The zero-order valence-corrected chi connectivity index (χ0v) is 15.2. The number of hydrogen-bond donors (Lipinski definition) is 0. The number of aryl methyl sites for hydroxylation is 2. The van der Waals surface area contributed by atoms with Crippen LogP contribution in [0.3, 0.4) is 0 Å². The van der Waals surface area contributed by atoms with Gasteiger partial charge in [-0.05, 0) is 49.2 Å². The molecule has 1 heterocycles. The van der Waals surface area contributed by atoms with Crippen molar-refractivity contribution >= 4 is 10.0 Å². The molecule has 0 unspecified atom stereocenters. The maximum atomic E-state index is 13.2. The molecule has 0 aliphatic carbocycles. The molecule has 0 fully saturated rings. The second kappa shape index (κ2) is 7.25. The van der Waals surface area contributed by atoms with Gasteiger partial charge in [-0.15, -0.1) is 0 Å². The minimum absolute atomic E-state index is 0.192. The molecule has 0 saturated heterocycles. The summed E-state index contributed by atoms with van der Waals surface area (Å²) >= 11 is 0. The molecule has 130 valence electrons. The lowest BCUT2D eigenvalue weighted by Crippen LogP contribution is -2.30. The van der Waals surface area contributed by atoms with Crippen LogP contribution in [0.25, 0.3) is 0 Å². The zero-order valence-electron chi connectivity index (χ0n) is 14.3. The molecule has 0 N–H and O–H groups in total. The van der Waals surface area contributed by atoms with Gasteiger partial charge < -0.3 is 4.42 Å². The molecule has 3 rings (SSSR count). The molecule has 4 nitrogen and oxygen atoms in total. The van der Waals surface area contributed by atoms with Crippen LogP contribution in [0.15, 0.2) is 76.2 Å². The first-order chi connectivity index (χ1) is 11.9. The Morgan fingerprint density at radius 3 is 2.28 bits per heavy atom. The summed E-state index contributed by atoms with van der Waals surface area (Å²) in [4.78, 5) is 0.297. The predicted molar refractivity (Wildman–Crippen MR) is 97.5 cm³/mol. The molecule has 0 aliphatic rings. The first-order valence-electron chi connectivity index (χ1n) is 8.10. The summed E-state index contributed by atoms with van der Waals surface area (Å²) in [5.41, 5.74) is 2.99. The van der Waals surface area contributed by atoms with E-state index in [0.29, 0.717) is 10.7 Å². The monoisotopic (exact) mass is 355 g/mol. The summed E-state index contributed by atoms with van der Waals surface area (Å²) in [6, 6.07) is 18.4. The van der Waals surface area contributed by atoms with Crippen LogP contribution >= 0.6 is 0 Å². The predicted octanol–water partition coefficient (Wildman–Crippen LogP) is 4.29. The van der Waals surface area contributed by atoms with E-state index in [-0.39, 0.29) is 13.1 Å². The highest BCUT2D eigenvalue weighted by atomic mass is 32.2. The highest BCUT2D eigenvalue weighted by Gasteiger charge is 2.25. The van der Waals surface area contributed by atoms with Crippen LogP contribution in [0.1, 0.15) is 22.5 Å². The number of benzene rings is 2. The molecule has 0 saturated carbocycles. The van der Waals surface area contributed by atoms with Crippen molar-refractivity contribution in [2.24, 2.45) is 0 Å². The topological polar surface area (TPSA) is 50.5 Å². The van der Waals surface area contributed by atoms with Crippen LogP contribution < -0.4 is 0 Å². The first kappa shape index (κ1) is 17.5. The number of hydrogen-bond acceptors (Lipinski definition) is 3. The number of sulfonamides is 1. The fourth-order valence-electron chi connectivity index (χ4n) is 2.62. The zero-order chi connectivity index (χ0) is 17.9. The Kier molecular flexibility index (Phi) is 5.06. The summed E-state index contributed by atoms with van der Waals surface area (Å²) in [6.07, 6.45) is 1.55. The second-order valence-corrected chi connectivity index (χ2v) is 8.09. The quantitative estimate of drug-likeness (QED) is 0.663. The Labute approximate surface area is 148 Å². The van der Waals surface area contributed by atoms with Gasteiger partial charge >= 0.3 is 0 Å². The molecule has 0 spiro atoms. The van der Waals surface area contributed by atoms with Gasteiger partial charge in [-0.25, -0.2) is 8.42 Å². The van der Waals surface area contributed by atoms with Crippen molar-refractivity contribution < 1.29 is 12.8 Å². The third-order valence-corrected chi connectivity index (χ3v) is 5.81. The van der Waals surface area contributed by atoms with Crippen LogP contribution in [-0.2, 0) is 23.1 Å². The van der Waals surface area contributed by atoms with E-state index in [1.165, 1.54) is 4.31 Å². The smallest absolute Gasteiger partial charge is 0.243 e. The molecular weight excluding hydrogens is 334 g/mol. The van der Waals surface area contributed by atoms with Gasteiger partial charge in [0.1, 0.15) is 5.76 Å². The molecule has 0 radical (unpaired) electrons. The van der Waals surface area contributed by atoms with E-state index in [2.05, 4.69) is 0 Å². The summed E-state index contributed by atoms with van der Waals surface area (Å²) in [7, 11) is -3.63. The van der Waals surface area contributed by atoms with Crippen molar-refractivity contribution in [3.63, 3.8) is 0 Å². The molecule has 25 heavy (non-hydrogen) atoms. The van der Waals surface area contributed by atoms with Crippen molar-refractivity contribution in [2.45, 2.75) is 31.8 Å². The van der Waals surface area contributed by atoms with Crippen molar-refractivity contribution in [3.05, 3.63) is 89.4 Å². The van der Waals surface area contributed by atoms with Gasteiger partial charge in [0.15, 0.2) is 0 Å². The highest BCUT2D eigenvalue weighted by molar-refractivity contribution is 7.89. The van der Waals surface area contributed by atoms with E-state index >= 15 is 0 Å². The third-order valence-electron chi connectivity index (χ3n) is 4.02. The van der Waals surface area contributed by atoms with Crippen molar-refractivity contribution in [3.8, 4) is 0 Å². The molecule has 0 bridgehead atoms. The lowest BCUT2D eigenvalue weighted by molar-refractivity contribution is 0.358. The minimum Gasteiger partial charge on any atom is -0.468 e. The Morgan fingerprint density at radius 1 is 0.880 bits per heavy atom. The Morgan fingerprint density at radius 2 is 1.64 bits per heavy atom. The third kappa shape index (κ3) is 4.18. The van der Waals surface area contributed by atoms with Gasteiger partial charge in [-0.3, -0.25) is 0 Å². The average Bonchev–Trinajstić information content (AvgIpc) is 3.09. The second-order valence-electron chi connectivity index (χ2n) is 6.15. The number of furan rings is 1. The van der Waals surface area contributed by atoms with E-state index in [0.717, 1.165) is 16.7 Å². The SMILES string of the molecule is Cc1ccc(CN(Cc2ccco2)S(=O)(=O)c2cccc(C)c2)cc1. The Hall–Kier alpha value is -2.37. The van der Waals surface area contributed by atoms with Crippen LogP contribution in [0, 0.1) is 13.8 Å². The van der Waals surface area contributed by atoms with Gasteiger partial charge in [0.25, 0.3) is 0 Å². The van der Waals surface area contributed by atoms with Gasteiger partial charge in [-0.2, -0.15) is 4.31 Å². The number of rotatable bonds is 6. The van der Waals surface area contributed by atoms with Gasteiger partial charge in [-0.1, -0.05) is 42.0 Å². The molecule has 3 aromatic rings. The standard InChI is InChI=1S/C20H21NO3S/c1-16-8-10-18(11-9-16)14-21(15-19-6-4-12-24-19)25(22,23)20-7-3-5-17(2)13-20/h3-13H,14-15H2,1-2H3. The Balaban J connectivity index is 1.96. The lowest BCUT2D eigenvalue weighted by atomic mass is 10.1. The van der Waals surface area contributed by atoms with Crippen molar-refractivity contribution in [1.82, 2.24) is 4.31 Å². The van der Waals surface area contributed by atoms with E-state index < -0.39 is 10.0 Å². The lowest BCUT2D eigenvalue weighted by Gasteiger charge is -2.22. The Bertz CT molecular complexity index is 929. The molecule has 0 amide bonds. The highest BCUT2D eigenvalue weighted by Crippen LogP contribution is 2.22. The van der Waals surface area contributed by atoms with Crippen molar-refractivity contribution in [1.29, 1.82) is 0 Å². The maximum absolute atomic E-state index is 13.2. The fourth-order valence-corrected chi connectivity index (χ4v) is 4.12. The summed E-state index contributed by atoms with van der Waals surface area (Å²) in [5, 5.41) is 0. The molecule has 1 aromatic heterocycles. The largest absolute Gasteiger partial charge is 0.468 e. The van der Waals surface area contributed by atoms with Crippen molar-refractivity contribution in [2.75, 3.05) is 0 Å². The summed E-state index contributed by atoms with van der Waals surface area (Å²) in [6.45, 7) is 4.37. The summed E-state index contributed by atoms with van der Waals surface area (Å²) < 4.78 is 33.2. The van der Waals surface area contributed by atoms with E-state index in [1.54, 1.807) is 36.6 Å². The molecule has 5 heteroatoms. The van der Waals surface area contributed by atoms with Crippen LogP contribution in [0.5, 0.6) is 0 Å². The van der Waals surface area contributed by atoms with Crippen LogP contribution in [0.4, 0.5) is 0 Å². The summed E-state index contributed by atoms with van der Waals surface area (Å²) in [5.74, 6) is 0.614. The van der Waals surface area contributed by atoms with Crippen LogP contribution in [0.2, 0.25) is 0 Å². The minimum atomic E-state index is -3.63. The first-order valence-corrected chi connectivity index (χ1v) is 9.54. The van der Waals surface area contributed by atoms with E-state index in [1.807, 2.05) is 44.2 Å². The average molecular weight is 355 g/mol. The van der Waals surface area contributed by atoms with Gasteiger partial charge in [0, 0.05) is 6.54 Å². The molecular formula is C20H21NO3S. The molecule has 2 aromatic carbocycles. The van der Waals surface area contributed by atoms with E-state index in [9.17, 15) is 8.42 Å². The molecule has 0 aliphatic heterocycles. The van der Waals surface area contributed by atoms with Gasteiger partial charge in [0.2, 0.25) is 10.0 Å². The number of nitrogens with zero attached hydrogens (tertiary/aromatic N) is 1. The maximum Gasteiger partial charge on any atom is 0.243 e. The van der Waals surface area contributed by atoms with E-state index in [4.69, 9.17) is 4.42 Å². The van der Waals surface area contributed by atoms with Crippen LogP contribution in [-0.4, -0.2) is 12.7 Å². The fraction of sp³-hybridized carbons (Fsp3) is 0.200.